The number of aliphatic hydroxyl groups is 1. The van der Waals surface area contributed by atoms with Gasteiger partial charge in [-0.05, 0) is 45.6 Å². The van der Waals surface area contributed by atoms with Gasteiger partial charge < -0.3 is 20.6 Å². The van der Waals surface area contributed by atoms with Crippen molar-refractivity contribution >= 4 is 29.9 Å². The Morgan fingerprint density at radius 2 is 1.88 bits per heavy atom. The smallest absolute Gasteiger partial charge is 0.191 e. The van der Waals surface area contributed by atoms with Gasteiger partial charge >= 0.3 is 0 Å². The number of hydrogen-bond acceptors (Lipinski definition) is 3. The summed E-state index contributed by atoms with van der Waals surface area (Å²) >= 11 is 0. The van der Waals surface area contributed by atoms with Gasteiger partial charge in [0, 0.05) is 38.8 Å². The molecule has 0 radical (unpaired) electrons. The molecule has 1 aliphatic rings. The van der Waals surface area contributed by atoms with Crippen LogP contribution >= 0.6 is 24.0 Å². The Bertz CT molecular complexity index is 329. The molecule has 3 N–H and O–H groups in total. The fourth-order valence-electron chi connectivity index (χ4n) is 3.53. The van der Waals surface area contributed by atoms with Crippen LogP contribution in [-0.4, -0.2) is 61.8 Å². The molecule has 5 nitrogen and oxygen atoms in total. The summed E-state index contributed by atoms with van der Waals surface area (Å²) in [6.07, 6.45) is 10.0. The molecule has 0 amide bonds. The summed E-state index contributed by atoms with van der Waals surface area (Å²) in [6, 6.07) is 0.763. The maximum atomic E-state index is 9.17. The van der Waals surface area contributed by atoms with Crippen LogP contribution in [0.5, 0.6) is 0 Å². The summed E-state index contributed by atoms with van der Waals surface area (Å²) in [4.78, 5) is 7.23. The number of halogens is 1. The summed E-state index contributed by atoms with van der Waals surface area (Å²) in [5.74, 6) is 1.40. The molecule has 0 bridgehead atoms. The Balaban J connectivity index is 0.00000576. The van der Waals surface area contributed by atoms with E-state index in [1.54, 1.807) is 0 Å². The minimum Gasteiger partial charge on any atom is -0.396 e. The van der Waals surface area contributed by atoms with Gasteiger partial charge in [-0.15, -0.1) is 24.0 Å². The molecular weight excluding hydrogens is 427 g/mol. The first-order valence-corrected chi connectivity index (χ1v) is 10.0. The van der Waals surface area contributed by atoms with Gasteiger partial charge in [0.05, 0.1) is 0 Å². The molecule has 6 heteroatoms. The second kappa shape index (κ2) is 16.1. The molecule has 0 aliphatic heterocycles. The highest BCUT2D eigenvalue weighted by molar-refractivity contribution is 14.0. The molecule has 1 fully saturated rings. The minimum absolute atomic E-state index is 0. The van der Waals surface area contributed by atoms with Crippen molar-refractivity contribution in [1.82, 2.24) is 15.5 Å². The van der Waals surface area contributed by atoms with E-state index in [9.17, 15) is 5.11 Å². The molecule has 25 heavy (non-hydrogen) atoms. The minimum atomic E-state index is 0. The van der Waals surface area contributed by atoms with Gasteiger partial charge in [-0.1, -0.05) is 32.6 Å². The van der Waals surface area contributed by atoms with Crippen molar-refractivity contribution in [3.8, 4) is 0 Å². The van der Waals surface area contributed by atoms with Gasteiger partial charge in [-0.2, -0.15) is 0 Å². The first-order valence-electron chi connectivity index (χ1n) is 10.0. The predicted octanol–water partition coefficient (Wildman–Crippen LogP) is 3.22. The van der Waals surface area contributed by atoms with Gasteiger partial charge in [0.1, 0.15) is 0 Å². The van der Waals surface area contributed by atoms with E-state index < -0.39 is 0 Å². The van der Waals surface area contributed by atoms with Gasteiger partial charge in [-0.25, -0.2) is 0 Å². The maximum Gasteiger partial charge on any atom is 0.191 e. The molecule has 1 atom stereocenters. The lowest BCUT2D eigenvalue weighted by atomic mass is 9.94. The number of guanidine groups is 1. The molecule has 0 saturated heterocycles. The van der Waals surface area contributed by atoms with Crippen LogP contribution in [0.1, 0.15) is 65.2 Å². The molecule has 0 heterocycles. The van der Waals surface area contributed by atoms with E-state index in [4.69, 9.17) is 4.99 Å². The van der Waals surface area contributed by atoms with Crippen molar-refractivity contribution in [2.75, 3.05) is 39.8 Å². The molecule has 1 rings (SSSR count). The van der Waals surface area contributed by atoms with Crippen molar-refractivity contribution < 1.29 is 5.11 Å². The number of aliphatic hydroxyl groups excluding tert-OH is 1. The molecule has 1 saturated carbocycles. The van der Waals surface area contributed by atoms with E-state index in [1.807, 2.05) is 0 Å². The second-order valence-corrected chi connectivity index (χ2v) is 7.09. The molecule has 1 unspecified atom stereocenters. The normalized spacial score (nSPS) is 17.2. The Morgan fingerprint density at radius 1 is 1.16 bits per heavy atom. The summed E-state index contributed by atoms with van der Waals surface area (Å²) < 4.78 is 0. The van der Waals surface area contributed by atoms with Crippen LogP contribution in [0.25, 0.3) is 0 Å². The van der Waals surface area contributed by atoms with Crippen LogP contribution in [0.3, 0.4) is 0 Å². The zero-order valence-corrected chi connectivity index (χ0v) is 18.9. The van der Waals surface area contributed by atoms with Crippen LogP contribution in [-0.2, 0) is 0 Å². The fraction of sp³-hybridized carbons (Fsp3) is 0.947. The number of aliphatic imine (C=N–C) groups is 1. The second-order valence-electron chi connectivity index (χ2n) is 7.09. The number of likely N-dealkylation sites (N-methyl/N-ethyl adjacent to an activating group) is 1. The molecule has 0 aromatic rings. The molecular formula is C19H41IN4O. The Hall–Kier alpha value is -0.0800. The first kappa shape index (κ1) is 24.9. The highest BCUT2D eigenvalue weighted by Gasteiger charge is 2.17. The van der Waals surface area contributed by atoms with Crippen LogP contribution in [0.15, 0.2) is 4.99 Å². The number of hydrogen-bond donors (Lipinski definition) is 3. The van der Waals surface area contributed by atoms with Crippen LogP contribution in [0.2, 0.25) is 0 Å². The molecule has 150 valence electrons. The van der Waals surface area contributed by atoms with E-state index in [2.05, 4.69) is 36.4 Å². The van der Waals surface area contributed by atoms with E-state index in [1.165, 1.54) is 32.1 Å². The third-order valence-corrected chi connectivity index (χ3v) is 5.04. The van der Waals surface area contributed by atoms with Crippen molar-refractivity contribution in [2.45, 2.75) is 71.3 Å². The zero-order chi connectivity index (χ0) is 17.6. The number of rotatable bonds is 11. The average molecular weight is 468 g/mol. The Kier molecular flexibility index (Phi) is 16.1. The average Bonchev–Trinajstić information content (AvgIpc) is 2.60. The molecule has 0 aromatic carbocycles. The van der Waals surface area contributed by atoms with Gasteiger partial charge in [0.25, 0.3) is 0 Å². The topological polar surface area (TPSA) is 59.9 Å². The lowest BCUT2D eigenvalue weighted by Crippen LogP contribution is -2.43. The fourth-order valence-corrected chi connectivity index (χ4v) is 3.53. The molecule has 0 spiro atoms. The van der Waals surface area contributed by atoms with Crippen molar-refractivity contribution in [1.29, 1.82) is 0 Å². The van der Waals surface area contributed by atoms with E-state index in [-0.39, 0.29) is 30.6 Å². The lowest BCUT2D eigenvalue weighted by molar-refractivity contribution is 0.194. The van der Waals surface area contributed by atoms with Gasteiger partial charge in [-0.3, -0.25) is 4.99 Å². The lowest BCUT2D eigenvalue weighted by Gasteiger charge is -2.31. The maximum absolute atomic E-state index is 9.17. The third kappa shape index (κ3) is 11.3. The number of nitrogens with zero attached hydrogens (tertiary/aromatic N) is 2. The zero-order valence-electron chi connectivity index (χ0n) is 16.6. The largest absolute Gasteiger partial charge is 0.396 e. The first-order chi connectivity index (χ1) is 11.7. The van der Waals surface area contributed by atoms with Gasteiger partial charge in [0.15, 0.2) is 5.96 Å². The SMILES string of the molecule is CCCC(CCO)CN=C(NCC)NCCN(C)C1CCCCC1.I. The Morgan fingerprint density at radius 3 is 2.48 bits per heavy atom. The summed E-state index contributed by atoms with van der Waals surface area (Å²) in [5, 5.41) is 16.0. The van der Waals surface area contributed by atoms with Crippen molar-refractivity contribution in [3.05, 3.63) is 0 Å². The predicted molar refractivity (Wildman–Crippen MR) is 119 cm³/mol. The Labute approximate surface area is 172 Å². The van der Waals surface area contributed by atoms with Crippen molar-refractivity contribution in [2.24, 2.45) is 10.9 Å². The molecule has 0 aromatic heterocycles. The third-order valence-electron chi connectivity index (χ3n) is 5.04. The monoisotopic (exact) mass is 468 g/mol. The standard InChI is InChI=1S/C19H40N4O.HI/c1-4-9-17(12-15-24)16-22-19(20-5-2)21-13-14-23(3)18-10-7-6-8-11-18;/h17-18,24H,4-16H2,1-3H3,(H2,20,21,22);1H. The van der Waals surface area contributed by atoms with Crippen molar-refractivity contribution in [3.63, 3.8) is 0 Å². The number of nitrogens with one attached hydrogen (secondary N) is 2. The quantitative estimate of drug-likeness (QED) is 0.248. The van der Waals surface area contributed by atoms with E-state index in [0.717, 1.165) is 57.4 Å². The molecule has 1 aliphatic carbocycles. The summed E-state index contributed by atoms with van der Waals surface area (Å²) in [7, 11) is 2.25. The van der Waals surface area contributed by atoms with E-state index in [0.29, 0.717) is 5.92 Å². The van der Waals surface area contributed by atoms with Crippen LogP contribution in [0.4, 0.5) is 0 Å². The summed E-state index contributed by atoms with van der Waals surface area (Å²) in [6.45, 7) is 8.21. The van der Waals surface area contributed by atoms with Gasteiger partial charge in [0.2, 0.25) is 0 Å². The summed E-state index contributed by atoms with van der Waals surface area (Å²) in [5.41, 5.74) is 0. The van der Waals surface area contributed by atoms with Crippen LogP contribution < -0.4 is 10.6 Å². The highest BCUT2D eigenvalue weighted by Crippen LogP contribution is 2.21. The van der Waals surface area contributed by atoms with Crippen LogP contribution in [0, 0.1) is 5.92 Å². The highest BCUT2D eigenvalue weighted by atomic mass is 127. The van der Waals surface area contributed by atoms with E-state index >= 15 is 0 Å².